The molecular weight excluding hydrogens is 270 g/mol. The van der Waals surface area contributed by atoms with Crippen LogP contribution in [0.2, 0.25) is 0 Å². The Morgan fingerprint density at radius 3 is 2.05 bits per heavy atom. The van der Waals surface area contributed by atoms with Crippen LogP contribution in [0.15, 0.2) is 79.0 Å². The average Bonchev–Trinajstić information content (AvgIpc) is 2.62. The molecule has 110 valence electrons. The van der Waals surface area contributed by atoms with Crippen LogP contribution in [0.25, 0.3) is 0 Å². The van der Waals surface area contributed by atoms with Gasteiger partial charge in [-0.25, -0.2) is 4.98 Å². The SMILES string of the molecule is CN(c1ccccc1)c1ccc(C(N)c2ccccc2)cn1. The Morgan fingerprint density at radius 1 is 0.818 bits per heavy atom. The van der Waals surface area contributed by atoms with Crippen LogP contribution in [0.5, 0.6) is 0 Å². The van der Waals surface area contributed by atoms with E-state index in [1.807, 2.05) is 73.9 Å². The molecule has 0 saturated heterocycles. The zero-order valence-corrected chi connectivity index (χ0v) is 12.6. The van der Waals surface area contributed by atoms with Crippen LogP contribution in [0.1, 0.15) is 17.2 Å². The van der Waals surface area contributed by atoms with Crippen molar-refractivity contribution in [1.82, 2.24) is 4.98 Å². The minimum Gasteiger partial charge on any atom is -0.329 e. The molecule has 3 heteroatoms. The molecule has 0 aliphatic carbocycles. The fourth-order valence-corrected chi connectivity index (χ4v) is 2.42. The lowest BCUT2D eigenvalue weighted by Crippen LogP contribution is -2.14. The second-order valence-corrected chi connectivity index (χ2v) is 5.23. The van der Waals surface area contributed by atoms with Gasteiger partial charge in [-0.05, 0) is 29.3 Å². The summed E-state index contributed by atoms with van der Waals surface area (Å²) < 4.78 is 0. The summed E-state index contributed by atoms with van der Waals surface area (Å²) in [4.78, 5) is 6.60. The molecule has 1 heterocycles. The van der Waals surface area contributed by atoms with E-state index in [1.54, 1.807) is 0 Å². The lowest BCUT2D eigenvalue weighted by atomic mass is 10.0. The van der Waals surface area contributed by atoms with Crippen LogP contribution in [0, 0.1) is 0 Å². The smallest absolute Gasteiger partial charge is 0.132 e. The molecule has 0 saturated carbocycles. The lowest BCUT2D eigenvalue weighted by Gasteiger charge is -2.19. The van der Waals surface area contributed by atoms with Gasteiger partial charge in [0.25, 0.3) is 0 Å². The molecule has 0 amide bonds. The number of hydrogen-bond donors (Lipinski definition) is 1. The molecule has 3 nitrogen and oxygen atoms in total. The minimum atomic E-state index is -0.148. The van der Waals surface area contributed by atoms with Gasteiger partial charge in [0.1, 0.15) is 5.82 Å². The van der Waals surface area contributed by atoms with E-state index in [4.69, 9.17) is 5.73 Å². The highest BCUT2D eigenvalue weighted by atomic mass is 15.2. The summed E-state index contributed by atoms with van der Waals surface area (Å²) in [6, 6.07) is 24.1. The molecule has 3 rings (SSSR count). The summed E-state index contributed by atoms with van der Waals surface area (Å²) in [5.74, 6) is 0.898. The summed E-state index contributed by atoms with van der Waals surface area (Å²) in [5, 5.41) is 0. The van der Waals surface area contributed by atoms with Crippen molar-refractivity contribution in [3.05, 3.63) is 90.1 Å². The van der Waals surface area contributed by atoms with Gasteiger partial charge in [0.15, 0.2) is 0 Å². The van der Waals surface area contributed by atoms with Crippen LogP contribution in [0.4, 0.5) is 11.5 Å². The van der Waals surface area contributed by atoms with Gasteiger partial charge in [0.2, 0.25) is 0 Å². The predicted octanol–water partition coefficient (Wildman–Crippen LogP) is 3.90. The number of aromatic nitrogens is 1. The number of rotatable bonds is 4. The summed E-state index contributed by atoms with van der Waals surface area (Å²) in [6.07, 6.45) is 1.85. The second kappa shape index (κ2) is 6.41. The van der Waals surface area contributed by atoms with Gasteiger partial charge < -0.3 is 10.6 Å². The van der Waals surface area contributed by atoms with E-state index in [2.05, 4.69) is 22.0 Å². The summed E-state index contributed by atoms with van der Waals surface area (Å²) in [5.41, 5.74) is 9.51. The first-order chi connectivity index (χ1) is 10.8. The molecule has 2 N–H and O–H groups in total. The van der Waals surface area contributed by atoms with Crippen molar-refractivity contribution in [3.63, 3.8) is 0 Å². The maximum Gasteiger partial charge on any atom is 0.132 e. The number of benzene rings is 2. The molecule has 0 radical (unpaired) electrons. The zero-order valence-electron chi connectivity index (χ0n) is 12.6. The average molecular weight is 289 g/mol. The molecule has 0 aliphatic rings. The Balaban J connectivity index is 1.81. The van der Waals surface area contributed by atoms with E-state index in [0.29, 0.717) is 0 Å². The highest BCUT2D eigenvalue weighted by Crippen LogP contribution is 2.24. The van der Waals surface area contributed by atoms with E-state index in [-0.39, 0.29) is 6.04 Å². The Labute approximate surface area is 131 Å². The lowest BCUT2D eigenvalue weighted by molar-refractivity contribution is 0.862. The van der Waals surface area contributed by atoms with Crippen LogP contribution in [0.3, 0.4) is 0 Å². The molecule has 0 spiro atoms. The van der Waals surface area contributed by atoms with Crippen molar-refractivity contribution < 1.29 is 0 Å². The third-order valence-corrected chi connectivity index (χ3v) is 3.78. The maximum atomic E-state index is 6.30. The van der Waals surface area contributed by atoms with Crippen LogP contribution < -0.4 is 10.6 Å². The Hall–Kier alpha value is -2.65. The van der Waals surface area contributed by atoms with Crippen molar-refractivity contribution in [2.24, 2.45) is 5.73 Å². The first-order valence-corrected chi connectivity index (χ1v) is 7.31. The van der Waals surface area contributed by atoms with Crippen molar-refractivity contribution in [2.75, 3.05) is 11.9 Å². The van der Waals surface area contributed by atoms with Crippen molar-refractivity contribution in [3.8, 4) is 0 Å². The summed E-state index contributed by atoms with van der Waals surface area (Å²) >= 11 is 0. The number of anilines is 2. The molecular formula is C19H19N3. The predicted molar refractivity (Wildman–Crippen MR) is 91.2 cm³/mol. The largest absolute Gasteiger partial charge is 0.329 e. The fraction of sp³-hybridized carbons (Fsp3) is 0.105. The number of hydrogen-bond acceptors (Lipinski definition) is 3. The fourth-order valence-electron chi connectivity index (χ4n) is 2.42. The van der Waals surface area contributed by atoms with Gasteiger partial charge >= 0.3 is 0 Å². The third-order valence-electron chi connectivity index (χ3n) is 3.78. The Bertz CT molecular complexity index is 644. The Morgan fingerprint density at radius 2 is 1.45 bits per heavy atom. The first-order valence-electron chi connectivity index (χ1n) is 7.31. The van der Waals surface area contributed by atoms with E-state index in [1.165, 1.54) is 0 Å². The van der Waals surface area contributed by atoms with Gasteiger partial charge in [-0.3, -0.25) is 0 Å². The summed E-state index contributed by atoms with van der Waals surface area (Å²) in [6.45, 7) is 0. The molecule has 0 aliphatic heterocycles. The van der Waals surface area contributed by atoms with Gasteiger partial charge in [0, 0.05) is 18.9 Å². The van der Waals surface area contributed by atoms with Crippen molar-refractivity contribution in [2.45, 2.75) is 6.04 Å². The van der Waals surface area contributed by atoms with E-state index in [9.17, 15) is 0 Å². The molecule has 0 fully saturated rings. The topological polar surface area (TPSA) is 42.1 Å². The number of nitrogens with zero attached hydrogens (tertiary/aromatic N) is 2. The summed E-state index contributed by atoms with van der Waals surface area (Å²) in [7, 11) is 2.01. The molecule has 2 aromatic carbocycles. The molecule has 3 aromatic rings. The number of nitrogens with two attached hydrogens (primary N) is 1. The molecule has 22 heavy (non-hydrogen) atoms. The van der Waals surface area contributed by atoms with Gasteiger partial charge in [-0.2, -0.15) is 0 Å². The minimum absolute atomic E-state index is 0.148. The van der Waals surface area contributed by atoms with Gasteiger partial charge in [0.05, 0.1) is 6.04 Å². The monoisotopic (exact) mass is 289 g/mol. The zero-order chi connectivity index (χ0) is 15.4. The Kier molecular flexibility index (Phi) is 4.17. The second-order valence-electron chi connectivity index (χ2n) is 5.23. The van der Waals surface area contributed by atoms with Crippen molar-refractivity contribution in [1.29, 1.82) is 0 Å². The molecule has 1 aromatic heterocycles. The number of para-hydroxylation sites is 1. The van der Waals surface area contributed by atoms with Crippen LogP contribution in [-0.4, -0.2) is 12.0 Å². The molecule has 1 atom stereocenters. The highest BCUT2D eigenvalue weighted by Gasteiger charge is 2.10. The van der Waals surface area contributed by atoms with E-state index >= 15 is 0 Å². The van der Waals surface area contributed by atoms with Crippen molar-refractivity contribution >= 4 is 11.5 Å². The van der Waals surface area contributed by atoms with Gasteiger partial charge in [-0.15, -0.1) is 0 Å². The molecule has 0 bridgehead atoms. The van der Waals surface area contributed by atoms with Gasteiger partial charge in [-0.1, -0.05) is 54.6 Å². The molecule has 1 unspecified atom stereocenters. The third kappa shape index (κ3) is 3.00. The normalized spacial score (nSPS) is 11.9. The highest BCUT2D eigenvalue weighted by molar-refractivity contribution is 5.58. The van der Waals surface area contributed by atoms with Crippen LogP contribution in [-0.2, 0) is 0 Å². The quantitative estimate of drug-likeness (QED) is 0.792. The number of pyridine rings is 1. The maximum absolute atomic E-state index is 6.30. The standard InChI is InChI=1S/C19H19N3/c1-22(17-10-6-3-7-11-17)18-13-12-16(14-21-18)19(20)15-8-4-2-5-9-15/h2-14,19H,20H2,1H3. The van der Waals surface area contributed by atoms with Crippen LogP contribution >= 0.6 is 0 Å². The first kappa shape index (κ1) is 14.3. The van der Waals surface area contributed by atoms with E-state index in [0.717, 1.165) is 22.6 Å². The van der Waals surface area contributed by atoms with E-state index < -0.39 is 0 Å².